The van der Waals surface area contributed by atoms with E-state index in [1.54, 1.807) is 5.57 Å². The van der Waals surface area contributed by atoms with E-state index >= 15 is 0 Å². The summed E-state index contributed by atoms with van der Waals surface area (Å²) < 4.78 is 0. The van der Waals surface area contributed by atoms with Crippen LogP contribution in [0.1, 0.15) is 72.1 Å². The number of aliphatic hydroxyl groups excluding tert-OH is 1. The Morgan fingerprint density at radius 1 is 1.35 bits per heavy atom. The standard InChI is InChI=1S/C23H35NO2/c1-5-15(2)19-10-11-20-18(7-6-12-23(19,20)4)9-8-17-13-21(24-26)16(3)22(25)14-17/h8-9,15,19-22,25H,3,5-7,10-14H2,1-2,4H3/b17-8-,18-9+/t15-,19?,20-,21+,22-,23+/m0/s1. The fraction of sp³-hybridized carbons (Fsp3) is 0.739. The van der Waals surface area contributed by atoms with Crippen molar-refractivity contribution < 1.29 is 5.11 Å². The maximum Gasteiger partial charge on any atom is 0.119 e. The van der Waals surface area contributed by atoms with Crippen molar-refractivity contribution >= 4 is 0 Å². The first-order valence-electron chi connectivity index (χ1n) is 10.5. The fourth-order valence-corrected chi connectivity index (χ4v) is 6.03. The van der Waals surface area contributed by atoms with E-state index in [4.69, 9.17) is 0 Å². The highest BCUT2D eigenvalue weighted by molar-refractivity contribution is 5.30. The van der Waals surface area contributed by atoms with Gasteiger partial charge in [-0.15, -0.1) is 0 Å². The molecule has 0 saturated heterocycles. The minimum atomic E-state index is -0.631. The van der Waals surface area contributed by atoms with Crippen LogP contribution in [-0.4, -0.2) is 17.3 Å². The quantitative estimate of drug-likeness (QED) is 0.499. The highest BCUT2D eigenvalue weighted by Crippen LogP contribution is 2.59. The number of allylic oxidation sites excluding steroid dienone is 3. The van der Waals surface area contributed by atoms with Gasteiger partial charge >= 0.3 is 0 Å². The van der Waals surface area contributed by atoms with Crippen LogP contribution in [0.4, 0.5) is 0 Å². The van der Waals surface area contributed by atoms with Gasteiger partial charge in [-0.25, -0.2) is 0 Å². The van der Waals surface area contributed by atoms with Crippen molar-refractivity contribution in [3.63, 3.8) is 0 Å². The maximum atomic E-state index is 11.0. The minimum Gasteiger partial charge on any atom is -0.388 e. The Kier molecular flexibility index (Phi) is 5.86. The monoisotopic (exact) mass is 357 g/mol. The van der Waals surface area contributed by atoms with Gasteiger partial charge in [0.1, 0.15) is 6.04 Å². The average molecular weight is 358 g/mol. The molecule has 0 aromatic rings. The van der Waals surface area contributed by atoms with Crippen LogP contribution in [0.15, 0.2) is 40.6 Å². The molecule has 0 spiro atoms. The van der Waals surface area contributed by atoms with E-state index in [1.165, 1.54) is 38.5 Å². The fourth-order valence-electron chi connectivity index (χ4n) is 6.03. The highest BCUT2D eigenvalue weighted by Gasteiger charge is 2.50. The molecule has 0 aromatic heterocycles. The molecule has 1 N–H and O–H groups in total. The lowest BCUT2D eigenvalue weighted by molar-refractivity contribution is 0.0961. The number of nitroso groups, excluding NO2 is 1. The minimum absolute atomic E-state index is 0.450. The Hall–Kier alpha value is -1.22. The first-order valence-corrected chi connectivity index (χ1v) is 10.5. The van der Waals surface area contributed by atoms with Crippen molar-refractivity contribution in [1.82, 2.24) is 0 Å². The molecule has 3 fully saturated rings. The van der Waals surface area contributed by atoms with Crippen molar-refractivity contribution in [2.75, 3.05) is 0 Å². The summed E-state index contributed by atoms with van der Waals surface area (Å²) in [6.07, 6.45) is 12.9. The molecule has 0 amide bonds. The molecule has 3 saturated carbocycles. The molecule has 3 heteroatoms. The molecule has 0 radical (unpaired) electrons. The lowest BCUT2D eigenvalue weighted by atomic mass is 9.61. The maximum absolute atomic E-state index is 11.0. The van der Waals surface area contributed by atoms with Gasteiger partial charge in [0.05, 0.1) is 6.10 Å². The van der Waals surface area contributed by atoms with Crippen LogP contribution in [0.2, 0.25) is 0 Å². The zero-order valence-corrected chi connectivity index (χ0v) is 16.7. The SMILES string of the molecule is C=C1[C@@H](O)C/C(=C\C=C2/CCC[C@]3(C)C([C@@H](C)CC)CC[C@@H]23)C[C@H]1N=O. The summed E-state index contributed by atoms with van der Waals surface area (Å²) in [5.41, 5.74) is 3.74. The van der Waals surface area contributed by atoms with Crippen LogP contribution in [0.5, 0.6) is 0 Å². The summed E-state index contributed by atoms with van der Waals surface area (Å²) in [7, 11) is 0. The second kappa shape index (κ2) is 7.80. The Morgan fingerprint density at radius 2 is 2.12 bits per heavy atom. The van der Waals surface area contributed by atoms with E-state index in [1.807, 2.05) is 0 Å². The molecule has 3 nitrogen and oxygen atoms in total. The lowest BCUT2D eigenvalue weighted by Gasteiger charge is -2.44. The average Bonchev–Trinajstić information content (AvgIpc) is 2.99. The van der Waals surface area contributed by atoms with Gasteiger partial charge in [0, 0.05) is 0 Å². The van der Waals surface area contributed by atoms with Gasteiger partial charge in [0.2, 0.25) is 0 Å². The summed E-state index contributed by atoms with van der Waals surface area (Å²) in [4.78, 5) is 11.0. The van der Waals surface area contributed by atoms with Crippen LogP contribution in [0.25, 0.3) is 0 Å². The van der Waals surface area contributed by atoms with Gasteiger partial charge in [-0.1, -0.05) is 62.2 Å². The molecule has 6 atom stereocenters. The van der Waals surface area contributed by atoms with E-state index in [9.17, 15) is 10.0 Å². The summed E-state index contributed by atoms with van der Waals surface area (Å²) in [6.45, 7) is 11.1. The molecule has 0 heterocycles. The second-order valence-corrected chi connectivity index (χ2v) is 9.17. The predicted molar refractivity (Wildman–Crippen MR) is 108 cm³/mol. The lowest BCUT2D eigenvalue weighted by Crippen LogP contribution is -2.35. The highest BCUT2D eigenvalue weighted by atomic mass is 16.3. The van der Waals surface area contributed by atoms with E-state index in [2.05, 4.69) is 44.7 Å². The molecule has 3 aliphatic rings. The molecule has 1 unspecified atom stereocenters. The Bertz CT molecular complexity index is 620. The summed E-state index contributed by atoms with van der Waals surface area (Å²) in [5.74, 6) is 2.36. The smallest absolute Gasteiger partial charge is 0.119 e. The number of hydrogen-bond acceptors (Lipinski definition) is 3. The summed E-state index contributed by atoms with van der Waals surface area (Å²) >= 11 is 0. The first-order chi connectivity index (χ1) is 12.4. The molecule has 144 valence electrons. The van der Waals surface area contributed by atoms with Crippen molar-refractivity contribution in [2.24, 2.45) is 28.3 Å². The number of hydrogen-bond donors (Lipinski definition) is 1. The molecular weight excluding hydrogens is 322 g/mol. The number of rotatable bonds is 4. The number of nitrogens with zero attached hydrogens (tertiary/aromatic N) is 1. The molecule has 3 aliphatic carbocycles. The van der Waals surface area contributed by atoms with Crippen molar-refractivity contribution in [2.45, 2.75) is 84.3 Å². The van der Waals surface area contributed by atoms with Gasteiger partial charge in [0.15, 0.2) is 0 Å². The van der Waals surface area contributed by atoms with E-state index in [-0.39, 0.29) is 0 Å². The molecule has 0 aromatic carbocycles. The predicted octanol–water partition coefficient (Wildman–Crippen LogP) is 5.95. The van der Waals surface area contributed by atoms with Crippen LogP contribution in [-0.2, 0) is 0 Å². The normalized spacial score (nSPS) is 42.1. The van der Waals surface area contributed by atoms with E-state index in [0.717, 1.165) is 17.4 Å². The molecule has 0 aliphatic heterocycles. The third kappa shape index (κ3) is 3.47. The van der Waals surface area contributed by atoms with E-state index < -0.39 is 12.1 Å². The third-order valence-electron chi connectivity index (χ3n) is 7.80. The van der Waals surface area contributed by atoms with Crippen LogP contribution < -0.4 is 0 Å². The summed E-state index contributed by atoms with van der Waals surface area (Å²) in [6, 6.07) is -0.471. The molecule has 3 rings (SSSR count). The Balaban J connectivity index is 1.79. The van der Waals surface area contributed by atoms with Crippen molar-refractivity contribution in [1.29, 1.82) is 0 Å². The Labute approximate surface area is 158 Å². The molecule has 26 heavy (non-hydrogen) atoms. The van der Waals surface area contributed by atoms with Crippen LogP contribution >= 0.6 is 0 Å². The third-order valence-corrected chi connectivity index (χ3v) is 7.80. The Morgan fingerprint density at radius 3 is 2.81 bits per heavy atom. The topological polar surface area (TPSA) is 49.7 Å². The first kappa shape index (κ1) is 19.5. The second-order valence-electron chi connectivity index (χ2n) is 9.17. The van der Waals surface area contributed by atoms with E-state index in [0.29, 0.717) is 29.7 Å². The van der Waals surface area contributed by atoms with Crippen molar-refractivity contribution in [3.8, 4) is 0 Å². The van der Waals surface area contributed by atoms with Gasteiger partial charge in [-0.2, -0.15) is 4.91 Å². The van der Waals surface area contributed by atoms with Gasteiger partial charge in [-0.05, 0) is 73.7 Å². The van der Waals surface area contributed by atoms with Crippen LogP contribution in [0.3, 0.4) is 0 Å². The number of fused-ring (bicyclic) bond motifs is 1. The zero-order chi connectivity index (χ0) is 18.9. The van der Waals surface area contributed by atoms with Crippen LogP contribution in [0, 0.1) is 28.1 Å². The van der Waals surface area contributed by atoms with Gasteiger partial charge in [-0.3, -0.25) is 0 Å². The zero-order valence-electron chi connectivity index (χ0n) is 16.7. The molecule has 0 bridgehead atoms. The largest absolute Gasteiger partial charge is 0.388 e. The summed E-state index contributed by atoms with van der Waals surface area (Å²) in [5, 5.41) is 13.3. The molecular formula is C23H35NO2. The van der Waals surface area contributed by atoms with Crippen molar-refractivity contribution in [3.05, 3.63) is 40.4 Å². The van der Waals surface area contributed by atoms with Gasteiger partial charge in [0.25, 0.3) is 0 Å². The number of aliphatic hydroxyl groups is 1. The van der Waals surface area contributed by atoms with Gasteiger partial charge < -0.3 is 5.11 Å².